The van der Waals surface area contributed by atoms with Crippen molar-refractivity contribution in [1.29, 1.82) is 0 Å². The molecule has 3 heteroatoms. The van der Waals surface area contributed by atoms with Gasteiger partial charge in [0.1, 0.15) is 9.84 Å². The number of sulfone groups is 1. The lowest BCUT2D eigenvalue weighted by atomic mass is 11.9. The van der Waals surface area contributed by atoms with Crippen LogP contribution in [0.1, 0.15) is 4.11 Å². The quantitative estimate of drug-likeness (QED) is 0.414. The zero-order valence-electron chi connectivity index (χ0n) is 5.72. The summed E-state index contributed by atoms with van der Waals surface area (Å²) in [5.74, 6) is 0. The molecule has 0 aliphatic heterocycles. The predicted molar refractivity (Wildman–Crippen MR) is 20.8 cm³/mol. The van der Waals surface area contributed by atoms with Crippen LogP contribution in [0.4, 0.5) is 0 Å². The third-order valence-corrected chi connectivity index (χ3v) is 0. The van der Waals surface area contributed by atoms with Crippen LogP contribution in [0.2, 0.25) is 0 Å². The molecule has 0 radical (unpaired) electrons. The fourth-order valence-electron chi connectivity index (χ4n) is 0. The molecule has 0 amide bonds. The van der Waals surface area contributed by atoms with Crippen LogP contribution in [-0.4, -0.2) is 20.9 Å². The topological polar surface area (TPSA) is 34.1 Å². The monoisotopic (exact) mass is 97.0 g/mol. The molecule has 0 bridgehead atoms. The maximum atomic E-state index is 10.1. The van der Waals surface area contributed by atoms with Gasteiger partial charge < -0.3 is 0 Å². The van der Waals surface area contributed by atoms with E-state index in [4.69, 9.17) is 4.11 Å². The molecular weight excluding hydrogens is 88.1 g/mol. The molecule has 0 unspecified atom stereocenters. The molecule has 0 atom stereocenters. The van der Waals surface area contributed by atoms with Crippen LogP contribution >= 0.6 is 0 Å². The fourth-order valence-corrected chi connectivity index (χ4v) is 0. The molecule has 0 heterocycles. The first-order valence-corrected chi connectivity index (χ1v) is 2.84. The highest BCUT2D eigenvalue weighted by Crippen LogP contribution is 1.61. The second-order valence-electron chi connectivity index (χ2n) is 0.772. The Morgan fingerprint density at radius 1 is 1.80 bits per heavy atom. The van der Waals surface area contributed by atoms with Gasteiger partial charge in [0.05, 0.1) is 0 Å². The summed E-state index contributed by atoms with van der Waals surface area (Å²) in [6.45, 7) is 0. The van der Waals surface area contributed by atoms with Gasteiger partial charge >= 0.3 is 0 Å². The third kappa shape index (κ3) is 6010. The summed E-state index contributed by atoms with van der Waals surface area (Å²) in [6, 6.07) is 0. The van der Waals surface area contributed by atoms with Crippen LogP contribution in [0, 0.1) is 0 Å². The van der Waals surface area contributed by atoms with Gasteiger partial charge in [-0.2, -0.15) is 0 Å². The molecule has 0 aromatic rings. The Labute approximate surface area is 35.9 Å². The first-order valence-electron chi connectivity index (χ1n) is 2.45. The van der Waals surface area contributed by atoms with Gasteiger partial charge in [0.25, 0.3) is 0 Å². The number of hydrogen-bond acceptors (Lipinski definition) is 2. The van der Waals surface area contributed by atoms with Crippen LogP contribution in [-0.2, 0) is 9.84 Å². The minimum Gasteiger partial charge on any atom is -0.229 e. The van der Waals surface area contributed by atoms with E-state index in [1.54, 1.807) is 0 Å². The van der Waals surface area contributed by atoms with E-state index in [2.05, 4.69) is 0 Å². The average molecular weight is 97.2 g/mol. The molecule has 5 heavy (non-hydrogen) atoms. The Morgan fingerprint density at radius 3 is 2.00 bits per heavy atom. The van der Waals surface area contributed by atoms with Gasteiger partial charge in [-0.3, -0.25) is 0 Å². The van der Waals surface area contributed by atoms with Crippen LogP contribution in [0.3, 0.4) is 0 Å². The summed E-state index contributed by atoms with van der Waals surface area (Å²) in [7, 11) is -3.84. The van der Waals surface area contributed by atoms with Crippen LogP contribution in [0.5, 0.6) is 0 Å². The van der Waals surface area contributed by atoms with E-state index in [-0.39, 0.29) is 0 Å². The summed E-state index contributed by atoms with van der Waals surface area (Å²) in [5, 5.41) is 0. The van der Waals surface area contributed by atoms with Gasteiger partial charge in [-0.1, -0.05) is 0 Å². The van der Waals surface area contributed by atoms with Gasteiger partial charge in [0, 0.05) is 16.6 Å². The van der Waals surface area contributed by atoms with E-state index >= 15 is 0 Å². The molecule has 0 saturated heterocycles. The van der Waals surface area contributed by atoms with Crippen molar-refractivity contribution < 1.29 is 12.5 Å². The standard InChI is InChI=1S/C2H6O2S/c1-5(2,3)4/h1-2H3/i1D3. The normalized spacial score (nSPS) is 23.0. The van der Waals surface area contributed by atoms with Gasteiger partial charge in [-0.15, -0.1) is 0 Å². The Balaban J connectivity index is 4.53. The van der Waals surface area contributed by atoms with Crippen molar-refractivity contribution in [2.24, 2.45) is 0 Å². The molecular formula is C2H6O2S. The summed E-state index contributed by atoms with van der Waals surface area (Å²) in [5.41, 5.74) is 0. The minimum atomic E-state index is -3.84. The predicted octanol–water partition coefficient (Wildman–Crippen LogP) is -0.339. The van der Waals surface area contributed by atoms with E-state index in [0.717, 1.165) is 0 Å². The minimum absolute atomic E-state index is 0.681. The van der Waals surface area contributed by atoms with Gasteiger partial charge in [0.2, 0.25) is 0 Å². The van der Waals surface area contributed by atoms with Crippen molar-refractivity contribution >= 4 is 9.84 Å². The highest BCUT2D eigenvalue weighted by molar-refractivity contribution is 7.89. The Hall–Kier alpha value is -0.0500. The smallest absolute Gasteiger partial charge is 0.144 e. The maximum absolute atomic E-state index is 10.1. The summed E-state index contributed by atoms with van der Waals surface area (Å²) in [4.78, 5) is 0. The molecule has 0 aliphatic carbocycles. The molecule has 2 nitrogen and oxygen atoms in total. The first kappa shape index (κ1) is 1.60. The number of hydrogen-bond donors (Lipinski definition) is 0. The van der Waals surface area contributed by atoms with Crippen LogP contribution in [0.15, 0.2) is 0 Å². The van der Waals surface area contributed by atoms with Gasteiger partial charge in [0.15, 0.2) is 0 Å². The summed E-state index contributed by atoms with van der Waals surface area (Å²) in [6.07, 6.45) is -2.16. The lowest BCUT2D eigenvalue weighted by molar-refractivity contribution is 0.607. The van der Waals surface area contributed by atoms with E-state index < -0.39 is 16.0 Å². The highest BCUT2D eigenvalue weighted by atomic mass is 32.2. The molecule has 0 N–H and O–H groups in total. The molecule has 0 rings (SSSR count). The maximum Gasteiger partial charge on any atom is 0.144 e. The third-order valence-electron chi connectivity index (χ3n) is 0. The molecule has 0 fully saturated rings. The molecule has 0 aromatic carbocycles. The second kappa shape index (κ2) is 0.971. The van der Waals surface area contributed by atoms with E-state index in [1.807, 2.05) is 0 Å². The van der Waals surface area contributed by atoms with Gasteiger partial charge in [-0.25, -0.2) is 8.42 Å². The zero-order valence-corrected chi connectivity index (χ0v) is 3.54. The van der Waals surface area contributed by atoms with Crippen molar-refractivity contribution in [3.8, 4) is 0 Å². The average Bonchev–Trinajstić information content (AvgIpc) is 1.25. The van der Waals surface area contributed by atoms with E-state index in [0.29, 0.717) is 6.26 Å². The molecule has 0 saturated carbocycles. The van der Waals surface area contributed by atoms with Crippen LogP contribution < -0.4 is 0 Å². The largest absolute Gasteiger partial charge is 0.229 e. The SMILES string of the molecule is [2H]C([2H])([2H])S(C)(=O)=O. The van der Waals surface area contributed by atoms with Crippen molar-refractivity contribution in [2.75, 3.05) is 12.4 Å². The van der Waals surface area contributed by atoms with Crippen molar-refractivity contribution in [3.63, 3.8) is 0 Å². The first-order chi connectivity index (χ1) is 3.25. The lowest BCUT2D eigenvalue weighted by Gasteiger charge is -1.69. The van der Waals surface area contributed by atoms with Crippen molar-refractivity contribution in [1.82, 2.24) is 0 Å². The van der Waals surface area contributed by atoms with Crippen molar-refractivity contribution in [3.05, 3.63) is 0 Å². The second-order valence-corrected chi connectivity index (χ2v) is 2.32. The highest BCUT2D eigenvalue weighted by Gasteiger charge is 1.79. The van der Waals surface area contributed by atoms with E-state index in [1.165, 1.54) is 0 Å². The Kier molecular flexibility index (Phi) is 0.311. The van der Waals surface area contributed by atoms with E-state index in [9.17, 15) is 8.42 Å². The lowest BCUT2D eigenvalue weighted by Crippen LogP contribution is -1.86. The molecule has 32 valence electrons. The summed E-state index contributed by atoms with van der Waals surface area (Å²) < 4.78 is 39.2. The summed E-state index contributed by atoms with van der Waals surface area (Å²) >= 11 is 0. The fraction of sp³-hybridized carbons (Fsp3) is 1.00. The molecule has 0 aromatic heterocycles. The zero-order chi connectivity index (χ0) is 7.00. The molecule has 0 aliphatic rings. The Bertz CT molecular complexity index is 164. The Morgan fingerprint density at radius 2 is 2.00 bits per heavy atom. The van der Waals surface area contributed by atoms with Crippen LogP contribution in [0.25, 0.3) is 0 Å². The van der Waals surface area contributed by atoms with Crippen molar-refractivity contribution in [2.45, 2.75) is 0 Å². The van der Waals surface area contributed by atoms with Gasteiger partial charge in [-0.05, 0) is 0 Å². The molecule has 0 spiro atoms. The number of rotatable bonds is 0.